The molecule has 0 spiro atoms. The van der Waals surface area contributed by atoms with Crippen LogP contribution in [-0.2, 0) is 14.8 Å². The molecule has 2 rings (SSSR count). The highest BCUT2D eigenvalue weighted by Gasteiger charge is 2.60. The Hall–Kier alpha value is -0.530. The predicted octanol–water partition coefficient (Wildman–Crippen LogP) is 1.72. The number of carbonyl (C=O) groups excluding carboxylic acids is 1. The number of hydrogen-bond donors (Lipinski definition) is 1. The molecule has 0 aromatic carbocycles. The summed E-state index contributed by atoms with van der Waals surface area (Å²) in [5.41, 5.74) is 1.17. The van der Waals surface area contributed by atoms with E-state index in [1.165, 1.54) is 5.57 Å². The number of carbonyl (C=O) groups is 1. The van der Waals surface area contributed by atoms with E-state index in [2.05, 4.69) is 25.2 Å². The molecule has 1 saturated heterocycles. The number of nitrogens with zero attached hydrogens (tertiary/aromatic N) is 1. The van der Waals surface area contributed by atoms with E-state index in [4.69, 9.17) is 0 Å². The molecule has 0 radical (unpaired) electrons. The highest BCUT2D eigenvalue weighted by molar-refractivity contribution is 7.99. The van der Waals surface area contributed by atoms with Gasteiger partial charge in [-0.05, 0) is 25.2 Å². The van der Waals surface area contributed by atoms with Crippen LogP contribution in [-0.4, -0.2) is 55.5 Å². The lowest BCUT2D eigenvalue weighted by atomic mass is 10.1. The molecule has 2 fully saturated rings. The molecule has 1 heterocycles. The van der Waals surface area contributed by atoms with E-state index in [0.29, 0.717) is 13.1 Å². The van der Waals surface area contributed by atoms with E-state index in [1.54, 1.807) is 16.1 Å². The smallest absolute Gasteiger partial charge is 0.224 e. The number of allylic oxidation sites excluding steroid dienone is 2. The molecule has 0 bridgehead atoms. The standard InChI is InChI=1S/C16H28N2O3S2/c1-12(2)11-13-14(16(13,3)4)15(19)17-5-10-23(20,21)18-6-8-22-9-7-18/h11,13-14H,5-10H2,1-4H3,(H,17,19)/t13-,14-/m1/s1. The van der Waals surface area contributed by atoms with E-state index >= 15 is 0 Å². The van der Waals surface area contributed by atoms with Crippen LogP contribution in [0.5, 0.6) is 0 Å². The van der Waals surface area contributed by atoms with Gasteiger partial charge >= 0.3 is 0 Å². The first-order valence-electron chi connectivity index (χ1n) is 8.14. The van der Waals surface area contributed by atoms with Crippen molar-refractivity contribution in [3.63, 3.8) is 0 Å². The first kappa shape index (κ1) is 18.8. The topological polar surface area (TPSA) is 66.5 Å². The van der Waals surface area contributed by atoms with Crippen molar-refractivity contribution < 1.29 is 13.2 Å². The zero-order valence-corrected chi connectivity index (χ0v) is 16.1. The summed E-state index contributed by atoms with van der Waals surface area (Å²) in [6, 6.07) is 0. The lowest BCUT2D eigenvalue weighted by molar-refractivity contribution is -0.123. The largest absolute Gasteiger partial charge is 0.355 e. The van der Waals surface area contributed by atoms with Gasteiger partial charge in [0.05, 0.1) is 11.7 Å². The van der Waals surface area contributed by atoms with Crippen LogP contribution >= 0.6 is 11.8 Å². The second-order valence-electron chi connectivity index (χ2n) is 7.19. The van der Waals surface area contributed by atoms with Crippen LogP contribution in [0.25, 0.3) is 0 Å². The molecular weight excluding hydrogens is 332 g/mol. The van der Waals surface area contributed by atoms with E-state index in [-0.39, 0.29) is 35.5 Å². The van der Waals surface area contributed by atoms with Gasteiger partial charge in [-0.15, -0.1) is 0 Å². The number of nitrogens with one attached hydrogen (secondary N) is 1. The number of amides is 1. The van der Waals surface area contributed by atoms with Crippen molar-refractivity contribution in [2.45, 2.75) is 27.7 Å². The average Bonchev–Trinajstić information content (AvgIpc) is 2.99. The average molecular weight is 361 g/mol. The molecule has 2 atom stereocenters. The summed E-state index contributed by atoms with van der Waals surface area (Å²) in [6.07, 6.45) is 2.15. The van der Waals surface area contributed by atoms with Gasteiger partial charge in [-0.25, -0.2) is 12.7 Å². The summed E-state index contributed by atoms with van der Waals surface area (Å²) in [7, 11) is -3.25. The summed E-state index contributed by atoms with van der Waals surface area (Å²) in [5, 5.41) is 2.82. The molecule has 0 unspecified atom stereocenters. The van der Waals surface area contributed by atoms with E-state index in [0.717, 1.165) is 11.5 Å². The van der Waals surface area contributed by atoms with Crippen molar-refractivity contribution in [3.8, 4) is 0 Å². The zero-order chi connectivity index (χ0) is 17.3. The van der Waals surface area contributed by atoms with Gasteiger partial charge in [0.25, 0.3) is 0 Å². The molecule has 2 aliphatic rings. The molecule has 1 saturated carbocycles. The van der Waals surface area contributed by atoms with E-state index in [1.807, 2.05) is 13.8 Å². The SMILES string of the molecule is CC(C)=C[C@@H]1[C@H](C(=O)NCCS(=O)(=O)N2CCSCC2)C1(C)C. The minimum atomic E-state index is -3.25. The Morgan fingerprint density at radius 3 is 2.48 bits per heavy atom. The highest BCUT2D eigenvalue weighted by atomic mass is 32.2. The van der Waals surface area contributed by atoms with Crippen LogP contribution < -0.4 is 5.32 Å². The summed E-state index contributed by atoms with van der Waals surface area (Å²) in [5.74, 6) is 1.87. The van der Waals surface area contributed by atoms with Gasteiger partial charge in [0.2, 0.25) is 15.9 Å². The van der Waals surface area contributed by atoms with Crippen molar-refractivity contribution in [1.29, 1.82) is 0 Å². The maximum atomic E-state index is 12.3. The summed E-state index contributed by atoms with van der Waals surface area (Å²) in [4.78, 5) is 12.3. The second kappa shape index (κ2) is 7.15. The normalized spacial score (nSPS) is 27.3. The summed E-state index contributed by atoms with van der Waals surface area (Å²) in [6.45, 7) is 9.60. The van der Waals surface area contributed by atoms with E-state index < -0.39 is 10.0 Å². The molecule has 0 aromatic rings. The predicted molar refractivity (Wildman–Crippen MR) is 95.9 cm³/mol. The Morgan fingerprint density at radius 1 is 1.30 bits per heavy atom. The zero-order valence-electron chi connectivity index (χ0n) is 14.5. The monoisotopic (exact) mass is 360 g/mol. The van der Waals surface area contributed by atoms with Crippen LogP contribution in [0.4, 0.5) is 0 Å². The molecular formula is C16H28N2O3S2. The third kappa shape index (κ3) is 4.51. The van der Waals surface area contributed by atoms with Crippen LogP contribution in [0, 0.1) is 17.3 Å². The van der Waals surface area contributed by atoms with Crippen LogP contribution in [0.1, 0.15) is 27.7 Å². The van der Waals surface area contributed by atoms with Crippen LogP contribution in [0.3, 0.4) is 0 Å². The van der Waals surface area contributed by atoms with Gasteiger partial charge in [-0.1, -0.05) is 25.5 Å². The van der Waals surface area contributed by atoms with Gasteiger partial charge < -0.3 is 5.32 Å². The molecule has 0 aromatic heterocycles. The number of thioether (sulfide) groups is 1. The summed E-state index contributed by atoms with van der Waals surface area (Å²) >= 11 is 1.78. The third-order valence-corrected chi connectivity index (χ3v) is 7.54. The minimum absolute atomic E-state index is 0.0101. The van der Waals surface area contributed by atoms with Gasteiger partial charge in [-0.3, -0.25) is 4.79 Å². The van der Waals surface area contributed by atoms with Gasteiger partial charge in [0, 0.05) is 31.1 Å². The second-order valence-corrected chi connectivity index (χ2v) is 10.5. The molecule has 5 nitrogen and oxygen atoms in total. The van der Waals surface area contributed by atoms with Crippen LogP contribution in [0.2, 0.25) is 0 Å². The maximum absolute atomic E-state index is 12.3. The van der Waals surface area contributed by atoms with Crippen molar-refractivity contribution >= 4 is 27.7 Å². The fraction of sp³-hybridized carbons (Fsp3) is 0.812. The number of rotatable bonds is 6. The number of hydrogen-bond acceptors (Lipinski definition) is 4. The van der Waals surface area contributed by atoms with Crippen molar-refractivity contribution in [2.24, 2.45) is 17.3 Å². The van der Waals surface area contributed by atoms with Crippen molar-refractivity contribution in [3.05, 3.63) is 11.6 Å². The highest BCUT2D eigenvalue weighted by Crippen LogP contribution is 2.59. The molecule has 1 aliphatic carbocycles. The molecule has 7 heteroatoms. The molecule has 1 aliphatic heterocycles. The third-order valence-electron chi connectivity index (χ3n) is 4.73. The van der Waals surface area contributed by atoms with Gasteiger partial charge in [0.1, 0.15) is 0 Å². The van der Waals surface area contributed by atoms with Gasteiger partial charge in [0.15, 0.2) is 0 Å². The molecule has 132 valence electrons. The Morgan fingerprint density at radius 2 is 1.91 bits per heavy atom. The van der Waals surface area contributed by atoms with Crippen molar-refractivity contribution in [2.75, 3.05) is 36.9 Å². The fourth-order valence-corrected chi connectivity index (χ4v) is 5.71. The molecule has 1 amide bonds. The van der Waals surface area contributed by atoms with E-state index in [9.17, 15) is 13.2 Å². The van der Waals surface area contributed by atoms with Crippen molar-refractivity contribution in [1.82, 2.24) is 9.62 Å². The Kier molecular flexibility index (Phi) is 5.85. The summed E-state index contributed by atoms with van der Waals surface area (Å²) < 4.78 is 26.0. The quantitative estimate of drug-likeness (QED) is 0.733. The Labute approximate surface area is 144 Å². The fourth-order valence-electron chi connectivity index (χ4n) is 3.22. The maximum Gasteiger partial charge on any atom is 0.224 e. The Bertz CT molecular complexity index is 574. The molecule has 1 N–H and O–H groups in total. The lowest BCUT2D eigenvalue weighted by Crippen LogP contribution is -2.42. The number of sulfonamides is 1. The lowest BCUT2D eigenvalue weighted by Gasteiger charge is -2.25. The first-order chi connectivity index (χ1) is 10.7. The van der Waals surface area contributed by atoms with Gasteiger partial charge in [-0.2, -0.15) is 11.8 Å². The Balaban J connectivity index is 1.82. The minimum Gasteiger partial charge on any atom is -0.355 e. The first-order valence-corrected chi connectivity index (χ1v) is 10.9. The molecule has 23 heavy (non-hydrogen) atoms. The van der Waals surface area contributed by atoms with Crippen LogP contribution in [0.15, 0.2) is 11.6 Å².